The molecule has 0 aliphatic heterocycles. The molecule has 0 saturated carbocycles. The number of hydrogen-bond acceptors (Lipinski definition) is 4. The van der Waals surface area contributed by atoms with Gasteiger partial charge < -0.3 is 15.2 Å². The first-order valence-electron chi connectivity index (χ1n) is 5.96. The van der Waals surface area contributed by atoms with Crippen LogP contribution in [-0.4, -0.2) is 29.2 Å². The minimum absolute atomic E-state index is 0.670. The summed E-state index contributed by atoms with van der Waals surface area (Å²) in [6, 6.07) is 6.74. The topological polar surface area (TPSA) is 71.5 Å². The largest absolute Gasteiger partial charge is 0.494 e. The third-order valence-electron chi connectivity index (χ3n) is 2.89. The van der Waals surface area contributed by atoms with Gasteiger partial charge in [0.05, 0.1) is 7.11 Å². The Balaban J connectivity index is 2.57. The van der Waals surface area contributed by atoms with Gasteiger partial charge in [-0.3, -0.25) is 4.79 Å². The molecule has 1 atom stereocenters. The maximum Gasteiger partial charge on any atom is 0.325 e. The molecule has 0 saturated heterocycles. The summed E-state index contributed by atoms with van der Waals surface area (Å²) in [6.07, 6.45) is 0. The molecule has 1 heterocycles. The molecule has 0 radical (unpaired) electrons. The molecule has 0 amide bonds. The maximum atomic E-state index is 10.9. The van der Waals surface area contributed by atoms with Crippen molar-refractivity contribution in [2.45, 2.75) is 19.9 Å². The number of aliphatic carboxylic acids is 1. The SMILES string of the molecule is COc1cccc2c(N[C@@H](C)C(=O)O)cc(C)nc12. The lowest BCUT2D eigenvalue weighted by atomic mass is 10.1. The second-order valence-corrected chi connectivity index (χ2v) is 4.37. The fourth-order valence-corrected chi connectivity index (χ4v) is 1.93. The summed E-state index contributed by atoms with van der Waals surface area (Å²) in [5.41, 5.74) is 2.28. The van der Waals surface area contributed by atoms with Crippen molar-refractivity contribution in [3.05, 3.63) is 30.0 Å². The number of benzene rings is 1. The van der Waals surface area contributed by atoms with Crippen LogP contribution in [0.15, 0.2) is 24.3 Å². The van der Waals surface area contributed by atoms with Crippen LogP contribution in [0.2, 0.25) is 0 Å². The van der Waals surface area contributed by atoms with Gasteiger partial charge >= 0.3 is 5.97 Å². The number of carboxylic acid groups (broad SMARTS) is 1. The number of nitrogens with zero attached hydrogens (tertiary/aromatic N) is 1. The van der Waals surface area contributed by atoms with E-state index >= 15 is 0 Å². The van der Waals surface area contributed by atoms with Crippen LogP contribution in [-0.2, 0) is 4.79 Å². The fourth-order valence-electron chi connectivity index (χ4n) is 1.93. The number of anilines is 1. The summed E-state index contributed by atoms with van der Waals surface area (Å²) >= 11 is 0. The lowest BCUT2D eigenvalue weighted by molar-refractivity contribution is -0.137. The summed E-state index contributed by atoms with van der Waals surface area (Å²) in [7, 11) is 1.59. The molecule has 1 aromatic heterocycles. The van der Waals surface area contributed by atoms with Crippen molar-refractivity contribution in [3.63, 3.8) is 0 Å². The van der Waals surface area contributed by atoms with Gasteiger partial charge in [0.15, 0.2) is 0 Å². The zero-order valence-electron chi connectivity index (χ0n) is 11.1. The number of fused-ring (bicyclic) bond motifs is 1. The molecule has 19 heavy (non-hydrogen) atoms. The summed E-state index contributed by atoms with van der Waals surface area (Å²) in [5.74, 6) is -0.224. The molecule has 0 aliphatic rings. The molecule has 5 heteroatoms. The normalized spacial score (nSPS) is 12.2. The van der Waals surface area contributed by atoms with Gasteiger partial charge in [0, 0.05) is 16.8 Å². The van der Waals surface area contributed by atoms with Crippen molar-refractivity contribution < 1.29 is 14.6 Å². The number of aryl methyl sites for hydroxylation is 1. The predicted molar refractivity (Wildman–Crippen MR) is 73.8 cm³/mol. The van der Waals surface area contributed by atoms with Gasteiger partial charge in [0.1, 0.15) is 17.3 Å². The molecule has 1 aromatic carbocycles. The van der Waals surface area contributed by atoms with E-state index in [1.165, 1.54) is 0 Å². The number of carbonyl (C=O) groups is 1. The van der Waals surface area contributed by atoms with Crippen molar-refractivity contribution in [2.75, 3.05) is 12.4 Å². The van der Waals surface area contributed by atoms with Gasteiger partial charge in [-0.05, 0) is 26.0 Å². The summed E-state index contributed by atoms with van der Waals surface area (Å²) in [4.78, 5) is 15.4. The smallest absolute Gasteiger partial charge is 0.325 e. The van der Waals surface area contributed by atoms with Gasteiger partial charge in [0.2, 0.25) is 0 Å². The van der Waals surface area contributed by atoms with Crippen molar-refractivity contribution in [2.24, 2.45) is 0 Å². The molecule has 0 bridgehead atoms. The van der Waals surface area contributed by atoms with E-state index in [1.807, 2.05) is 31.2 Å². The van der Waals surface area contributed by atoms with E-state index in [0.29, 0.717) is 5.75 Å². The summed E-state index contributed by atoms with van der Waals surface area (Å²) < 4.78 is 5.28. The number of ether oxygens (including phenoxy) is 1. The van der Waals surface area contributed by atoms with Crippen LogP contribution in [0.3, 0.4) is 0 Å². The van der Waals surface area contributed by atoms with Crippen molar-refractivity contribution >= 4 is 22.6 Å². The van der Waals surface area contributed by atoms with E-state index in [4.69, 9.17) is 9.84 Å². The number of rotatable bonds is 4. The Hall–Kier alpha value is -2.30. The van der Waals surface area contributed by atoms with Crippen LogP contribution >= 0.6 is 0 Å². The third-order valence-corrected chi connectivity index (χ3v) is 2.89. The highest BCUT2D eigenvalue weighted by Gasteiger charge is 2.14. The zero-order valence-corrected chi connectivity index (χ0v) is 11.1. The number of aromatic nitrogens is 1. The highest BCUT2D eigenvalue weighted by atomic mass is 16.5. The minimum atomic E-state index is -0.898. The highest BCUT2D eigenvalue weighted by molar-refractivity contribution is 5.96. The van der Waals surface area contributed by atoms with E-state index in [1.54, 1.807) is 14.0 Å². The molecule has 0 spiro atoms. The van der Waals surface area contributed by atoms with Crippen LogP contribution < -0.4 is 10.1 Å². The number of hydrogen-bond donors (Lipinski definition) is 2. The fraction of sp³-hybridized carbons (Fsp3) is 0.286. The van der Waals surface area contributed by atoms with Crippen LogP contribution in [0.4, 0.5) is 5.69 Å². The van der Waals surface area contributed by atoms with E-state index in [-0.39, 0.29) is 0 Å². The number of methoxy groups -OCH3 is 1. The van der Waals surface area contributed by atoms with E-state index in [0.717, 1.165) is 22.3 Å². The van der Waals surface area contributed by atoms with Crippen LogP contribution in [0.5, 0.6) is 5.75 Å². The standard InChI is InChI=1S/C14H16N2O3/c1-8-7-11(16-9(2)14(17)18)10-5-4-6-12(19-3)13(10)15-8/h4-7,9H,1-3H3,(H,15,16)(H,17,18)/t9-/m0/s1. The van der Waals surface area contributed by atoms with Crippen LogP contribution in [0, 0.1) is 6.92 Å². The van der Waals surface area contributed by atoms with Gasteiger partial charge in [0.25, 0.3) is 0 Å². The van der Waals surface area contributed by atoms with Gasteiger partial charge in [-0.2, -0.15) is 0 Å². The van der Waals surface area contributed by atoms with E-state index in [2.05, 4.69) is 10.3 Å². The van der Waals surface area contributed by atoms with Crippen LogP contribution in [0.1, 0.15) is 12.6 Å². The number of carboxylic acids is 1. The minimum Gasteiger partial charge on any atom is -0.494 e. The average Bonchev–Trinajstić information content (AvgIpc) is 2.37. The monoisotopic (exact) mass is 260 g/mol. The quantitative estimate of drug-likeness (QED) is 0.883. The lowest BCUT2D eigenvalue weighted by Gasteiger charge is -2.15. The third kappa shape index (κ3) is 2.59. The molecule has 0 fully saturated rings. The van der Waals surface area contributed by atoms with E-state index < -0.39 is 12.0 Å². The van der Waals surface area contributed by atoms with Gasteiger partial charge in [-0.25, -0.2) is 4.98 Å². The molecule has 0 aliphatic carbocycles. The first kappa shape index (κ1) is 13.1. The molecule has 0 unspecified atom stereocenters. The molecule has 100 valence electrons. The number of nitrogens with one attached hydrogen (secondary N) is 1. The predicted octanol–water partition coefficient (Wildman–Crippen LogP) is 2.44. The second-order valence-electron chi connectivity index (χ2n) is 4.37. The Kier molecular flexibility index (Phi) is 3.55. The molecule has 2 aromatic rings. The molecule has 2 N–H and O–H groups in total. The van der Waals surface area contributed by atoms with Crippen molar-refractivity contribution in [1.29, 1.82) is 0 Å². The molecule has 5 nitrogen and oxygen atoms in total. The summed E-state index contributed by atoms with van der Waals surface area (Å²) in [5, 5.41) is 12.8. The second kappa shape index (κ2) is 5.14. The van der Waals surface area contributed by atoms with Gasteiger partial charge in [-0.1, -0.05) is 12.1 Å². The Morgan fingerprint density at radius 2 is 2.21 bits per heavy atom. The Labute approximate surface area is 111 Å². The molecular formula is C14H16N2O3. The Bertz CT molecular complexity index is 625. The Morgan fingerprint density at radius 3 is 2.84 bits per heavy atom. The first-order valence-corrected chi connectivity index (χ1v) is 5.96. The maximum absolute atomic E-state index is 10.9. The summed E-state index contributed by atoms with van der Waals surface area (Å²) in [6.45, 7) is 3.46. The highest BCUT2D eigenvalue weighted by Crippen LogP contribution is 2.30. The van der Waals surface area contributed by atoms with Crippen molar-refractivity contribution in [1.82, 2.24) is 4.98 Å². The number of pyridine rings is 1. The van der Waals surface area contributed by atoms with Crippen molar-refractivity contribution in [3.8, 4) is 5.75 Å². The average molecular weight is 260 g/mol. The zero-order chi connectivity index (χ0) is 14.0. The molecule has 2 rings (SSSR count). The molecular weight excluding hydrogens is 244 g/mol. The van der Waals surface area contributed by atoms with Crippen LogP contribution in [0.25, 0.3) is 10.9 Å². The lowest BCUT2D eigenvalue weighted by Crippen LogP contribution is -2.25. The number of para-hydroxylation sites is 1. The van der Waals surface area contributed by atoms with Gasteiger partial charge in [-0.15, -0.1) is 0 Å². The van der Waals surface area contributed by atoms with E-state index in [9.17, 15) is 4.79 Å². The Morgan fingerprint density at radius 1 is 1.47 bits per heavy atom. The first-order chi connectivity index (χ1) is 9.02.